The van der Waals surface area contributed by atoms with Crippen LogP contribution < -0.4 is 48.6 Å². The van der Waals surface area contributed by atoms with E-state index in [2.05, 4.69) is 169 Å². The number of likely N-dealkylation sites (N-methyl/N-ethyl adjacent to an activating group) is 2. The summed E-state index contributed by atoms with van der Waals surface area (Å²) < 4.78 is 9.86. The predicted octanol–water partition coefficient (Wildman–Crippen LogP) is 15.4. The molecule has 0 atom stereocenters. The fourth-order valence-corrected chi connectivity index (χ4v) is 16.7. The van der Waals surface area contributed by atoms with Crippen molar-refractivity contribution >= 4 is 91.7 Å². The number of carbonyl (C=O) groups is 4. The summed E-state index contributed by atoms with van der Waals surface area (Å²) in [5.74, 6) is 0.0198. The number of imidazole rings is 5. The number of piperazine rings is 2. The lowest BCUT2D eigenvalue weighted by Crippen LogP contribution is -2.49. The monoisotopic (exact) mass is 1810 g/mol. The van der Waals surface area contributed by atoms with Crippen molar-refractivity contribution in [2.75, 3.05) is 108 Å². The van der Waals surface area contributed by atoms with Crippen LogP contribution in [0.3, 0.4) is 0 Å². The highest BCUT2D eigenvalue weighted by molar-refractivity contribution is 5.99. The topological polar surface area (TPSA) is 342 Å². The van der Waals surface area contributed by atoms with Gasteiger partial charge in [0, 0.05) is 245 Å². The maximum Gasteiger partial charge on any atom is 0.253 e. The largest absolute Gasteiger partial charge is 0.352 e. The van der Waals surface area contributed by atoms with E-state index in [1.165, 1.54) is 5.56 Å². The van der Waals surface area contributed by atoms with Gasteiger partial charge in [-0.2, -0.15) is 0 Å². The molecule has 31 nitrogen and oxygen atoms in total. The van der Waals surface area contributed by atoms with Crippen molar-refractivity contribution in [2.45, 2.75) is 39.3 Å². The smallest absolute Gasteiger partial charge is 0.253 e. The van der Waals surface area contributed by atoms with Crippen molar-refractivity contribution in [2.24, 2.45) is 0 Å². The Kier molecular flexibility index (Phi) is 26.4. The lowest BCUT2D eigenvalue weighted by atomic mass is 9.87. The molecule has 12 aromatic heterocycles. The van der Waals surface area contributed by atoms with Gasteiger partial charge in [0.2, 0.25) is 16.7 Å². The van der Waals surface area contributed by atoms with Crippen LogP contribution in [0.4, 0.5) is 45.5 Å². The van der Waals surface area contributed by atoms with E-state index in [0.717, 1.165) is 201 Å². The molecule has 0 aliphatic carbocycles. The highest BCUT2D eigenvalue weighted by Crippen LogP contribution is 2.35. The molecular formula is C105H102N24O7. The van der Waals surface area contributed by atoms with Crippen LogP contribution in [0.1, 0.15) is 78.9 Å². The third-order valence-electron chi connectivity index (χ3n) is 24.3. The molecule has 18 aromatic rings. The summed E-state index contributed by atoms with van der Waals surface area (Å²) in [5, 5.41) is 19.5. The van der Waals surface area contributed by atoms with Crippen molar-refractivity contribution in [3.63, 3.8) is 0 Å². The Morgan fingerprint density at radius 2 is 0.816 bits per heavy atom. The van der Waals surface area contributed by atoms with Crippen LogP contribution in [0.5, 0.6) is 0 Å². The number of carbonyl (C=O) groups excluding carboxylic acids is 4. The van der Waals surface area contributed by atoms with Crippen LogP contribution in [0, 0.1) is 0 Å². The van der Waals surface area contributed by atoms with Gasteiger partial charge in [-0.05, 0) is 225 Å². The summed E-state index contributed by atoms with van der Waals surface area (Å²) in [6.07, 6.45) is 24.9. The molecule has 0 unspecified atom stereocenters. The average Bonchev–Trinajstić information content (AvgIpc) is 1.60. The number of H-pyrrole nitrogens is 3. The van der Waals surface area contributed by atoms with Crippen LogP contribution in [0.2, 0.25) is 0 Å². The van der Waals surface area contributed by atoms with Crippen LogP contribution in [0.25, 0.3) is 73.3 Å². The number of nitrogens with one attached hydrogen (secondary N) is 9. The number of aromatic amines is 3. The maximum atomic E-state index is 13.0. The van der Waals surface area contributed by atoms with Crippen LogP contribution in [-0.2, 0) is 18.5 Å². The van der Waals surface area contributed by atoms with Gasteiger partial charge in [0.05, 0.1) is 51.9 Å². The van der Waals surface area contributed by atoms with Gasteiger partial charge >= 0.3 is 0 Å². The van der Waals surface area contributed by atoms with Crippen molar-refractivity contribution in [3.8, 4) is 50.7 Å². The Hall–Kier alpha value is -16.9. The van der Waals surface area contributed by atoms with Crippen molar-refractivity contribution in [3.05, 3.63) is 381 Å². The molecule has 0 radical (unpaired) electrons. The number of amides is 4. The molecule has 9 N–H and O–H groups in total. The van der Waals surface area contributed by atoms with Gasteiger partial charge < -0.3 is 71.0 Å². The first-order valence-corrected chi connectivity index (χ1v) is 44.9. The fraction of sp³-hybridized carbons (Fsp3) is 0.181. The minimum Gasteiger partial charge on any atom is -0.352 e. The van der Waals surface area contributed by atoms with Crippen molar-refractivity contribution < 1.29 is 19.2 Å². The number of anilines is 8. The standard InChI is InChI=1S/C30H29N5O2.C27H31N7O2.C24H24N6O2.C24H18N6O/c1-30(2,3)23-8-4-20(5-9-23)19-33-29(37)21-6-10-24(11-7-21)34-25-12-13-26(35-17-16-32-28(25)35)22-14-15-31-27(36)18-22;1-31(2)13-14-32-15-17-33(18-16-32)27(36)20-3-5-22(6-4-20)30-23-7-8-24(34-12-11-29-26(23)34)21-9-10-28-25(35)19-21;1-28-12-14-29(15-13-28)24(32)17-2-4-19(5-3-17)27-20-6-7-21(30-11-10-26-23(20)30)18-8-9-25-22(31)16-18;31-24-20-6-1-16(13-17(20)14-27-24)22-8-7-21(23-26-10-12-30(22)23)28-18-2-4-19(5-3-18)29-11-9-25-15-29/h4-18,34H,19H2,1-3H3,(H,31,36)(H,33,37);3-12,19,30H,13-18H2,1-2H3,(H,28,35);2-11,16,27H,12-15H2,1H3,(H,25,31);1-13,15,28H,14H2,(H,27,31). The molecule has 136 heavy (non-hydrogen) atoms. The lowest BCUT2D eigenvalue weighted by Gasteiger charge is -2.35. The molecule has 2 saturated heterocycles. The second kappa shape index (κ2) is 40.0. The zero-order valence-corrected chi connectivity index (χ0v) is 76.0. The van der Waals surface area contributed by atoms with Crippen LogP contribution in [-0.4, -0.2) is 197 Å². The van der Waals surface area contributed by atoms with Gasteiger partial charge in [0.15, 0.2) is 22.6 Å². The molecule has 21 rings (SSSR count). The van der Waals surface area contributed by atoms with Gasteiger partial charge in [-0.25, -0.2) is 24.9 Å². The predicted molar refractivity (Wildman–Crippen MR) is 532 cm³/mol. The Bertz CT molecular complexity index is 7520. The van der Waals surface area contributed by atoms with E-state index >= 15 is 0 Å². The molecule has 31 heteroatoms. The van der Waals surface area contributed by atoms with E-state index in [4.69, 9.17) is 0 Å². The molecule has 2 fully saturated rings. The molecule has 0 spiro atoms. The number of pyridine rings is 7. The molecule has 3 aliphatic rings. The lowest BCUT2D eigenvalue weighted by molar-refractivity contribution is 0.0628. The van der Waals surface area contributed by atoms with E-state index < -0.39 is 0 Å². The number of hydrogen-bond acceptors (Lipinski definition) is 19. The zero-order valence-electron chi connectivity index (χ0n) is 76.0. The minimum absolute atomic E-state index is 0.00654. The van der Waals surface area contributed by atoms with Gasteiger partial charge in [-0.1, -0.05) is 51.1 Å². The number of rotatable bonds is 21. The molecule has 15 heterocycles. The maximum absolute atomic E-state index is 13.0. The van der Waals surface area contributed by atoms with E-state index in [9.17, 15) is 33.6 Å². The van der Waals surface area contributed by atoms with E-state index in [1.807, 2.05) is 216 Å². The Morgan fingerprint density at radius 3 is 1.21 bits per heavy atom. The first-order chi connectivity index (χ1) is 66.1. The zero-order chi connectivity index (χ0) is 93.9. The van der Waals surface area contributed by atoms with E-state index in [1.54, 1.807) is 86.2 Å². The van der Waals surface area contributed by atoms with Crippen molar-refractivity contribution in [1.82, 2.24) is 97.2 Å². The number of nitrogens with zero attached hydrogens (tertiary/aromatic N) is 15. The van der Waals surface area contributed by atoms with Gasteiger partial charge in [-0.15, -0.1) is 0 Å². The molecule has 6 aromatic carbocycles. The summed E-state index contributed by atoms with van der Waals surface area (Å²) in [7, 11) is 6.24. The second-order valence-electron chi connectivity index (χ2n) is 34.8. The van der Waals surface area contributed by atoms with Crippen LogP contribution in [0.15, 0.2) is 326 Å². The average molecular weight is 1810 g/mol. The van der Waals surface area contributed by atoms with Gasteiger partial charge in [0.25, 0.3) is 23.6 Å². The molecular weight excluding hydrogens is 1710 g/mol. The summed E-state index contributed by atoms with van der Waals surface area (Å²) in [6, 6.07) is 71.0. The number of fused-ring (bicyclic) bond motifs is 5. The van der Waals surface area contributed by atoms with Crippen LogP contribution >= 0.6 is 0 Å². The number of benzene rings is 6. The third kappa shape index (κ3) is 20.7. The molecule has 3 aliphatic heterocycles. The fourth-order valence-electron chi connectivity index (χ4n) is 16.7. The third-order valence-corrected chi connectivity index (χ3v) is 24.3. The Morgan fingerprint density at radius 1 is 0.419 bits per heavy atom. The van der Waals surface area contributed by atoms with Crippen molar-refractivity contribution in [1.29, 1.82) is 0 Å². The molecule has 0 bridgehead atoms. The van der Waals surface area contributed by atoms with E-state index in [0.29, 0.717) is 29.8 Å². The quantitative estimate of drug-likeness (QED) is 0.0323. The number of aromatic nitrogens is 13. The summed E-state index contributed by atoms with van der Waals surface area (Å²) in [6.45, 7) is 16.3. The molecule has 4 amide bonds. The Balaban J connectivity index is 0.000000121. The summed E-state index contributed by atoms with van der Waals surface area (Å²) in [4.78, 5) is 126. The van der Waals surface area contributed by atoms with E-state index in [-0.39, 0.29) is 45.7 Å². The SMILES string of the molecule is CC(C)(C)c1ccc(CNC(=O)c2ccc(Nc3ccc(-c4cc[nH]c(=O)c4)n4ccnc34)cc2)cc1.CN(C)CCN1CCN(C(=O)c2ccc(Nc3ccc(-c4cc[nH]c(=O)c4)n4ccnc34)cc2)CC1.CN1CCN(C(=O)c2ccc(Nc3ccc(-c4cc[nH]c(=O)c4)n4ccnc34)cc2)CC1.O=C1NCc2cc(-c3ccc(Nc4ccc(-n5ccnc5)cc4)c4nccn34)ccc21. The highest BCUT2D eigenvalue weighted by atomic mass is 16.2. The Labute approximate surface area is 782 Å². The molecule has 0 saturated carbocycles. The van der Waals surface area contributed by atoms with Gasteiger partial charge in [0.1, 0.15) is 0 Å². The first-order valence-electron chi connectivity index (χ1n) is 44.9. The second-order valence-corrected chi connectivity index (χ2v) is 34.8. The minimum atomic E-state index is -0.157. The highest BCUT2D eigenvalue weighted by Gasteiger charge is 2.26. The summed E-state index contributed by atoms with van der Waals surface area (Å²) in [5.41, 5.74) is 23.9. The first kappa shape index (κ1) is 89.7. The summed E-state index contributed by atoms with van der Waals surface area (Å²) >= 11 is 0. The van der Waals surface area contributed by atoms with Gasteiger partial charge in [-0.3, -0.25) is 56.1 Å². The number of hydrogen-bond donors (Lipinski definition) is 9. The molecule has 684 valence electrons. The normalized spacial score (nSPS) is 13.3.